The first-order valence-corrected chi connectivity index (χ1v) is 19.9. The lowest BCUT2D eigenvalue weighted by Gasteiger charge is -2.26. The quantitative estimate of drug-likeness (QED) is 0.114. The fourth-order valence-electron chi connectivity index (χ4n) is 4.98. The van der Waals surface area contributed by atoms with Crippen LogP contribution in [0.5, 0.6) is 0 Å². The molecule has 2 aliphatic heterocycles. The summed E-state index contributed by atoms with van der Waals surface area (Å²) in [6.07, 6.45) is 0. The first-order chi connectivity index (χ1) is 21.1. The molecule has 0 spiro atoms. The molecule has 8 nitrogen and oxygen atoms in total. The third kappa shape index (κ3) is 4.92. The second kappa shape index (κ2) is 12.1. The van der Waals surface area contributed by atoms with Gasteiger partial charge in [0.05, 0.1) is 51.5 Å². The highest BCUT2D eigenvalue weighted by Gasteiger charge is 2.47. The summed E-state index contributed by atoms with van der Waals surface area (Å²) in [5, 5.41) is 0. The predicted octanol–water partition coefficient (Wildman–Crippen LogP) is 10.2. The van der Waals surface area contributed by atoms with Gasteiger partial charge >= 0.3 is 0 Å². The summed E-state index contributed by atoms with van der Waals surface area (Å²) in [7, 11) is -4.88. The number of nitrogens with zero attached hydrogens (tertiary/aromatic N) is 2. The van der Waals surface area contributed by atoms with E-state index in [4.69, 9.17) is 0 Å². The van der Waals surface area contributed by atoms with E-state index in [1.54, 1.807) is 24.3 Å². The lowest BCUT2D eigenvalue weighted by atomic mass is 10.1. The van der Waals surface area contributed by atoms with Crippen molar-refractivity contribution >= 4 is 172 Å². The first kappa shape index (κ1) is 33.8. The van der Waals surface area contributed by atoms with Gasteiger partial charge in [-0.2, -0.15) is 0 Å². The lowest BCUT2D eigenvalue weighted by Crippen LogP contribution is -2.33. The molecule has 228 valence electrons. The highest BCUT2D eigenvalue weighted by molar-refractivity contribution is 9.15. The van der Waals surface area contributed by atoms with Crippen molar-refractivity contribution in [1.82, 2.24) is 0 Å². The Morgan fingerprint density at radius 2 is 0.644 bits per heavy atom. The Kier molecular flexibility index (Phi) is 9.12. The van der Waals surface area contributed by atoms with E-state index in [0.717, 1.165) is 9.80 Å². The minimum Gasteiger partial charge on any atom is -0.268 e. The molecular formula is C28H8Br8N2O6S. The monoisotopic (exact) mass is 1130 g/mol. The summed E-state index contributed by atoms with van der Waals surface area (Å²) in [6.45, 7) is 0. The molecule has 0 aliphatic carbocycles. The fourth-order valence-corrected chi connectivity index (χ4v) is 13.1. The van der Waals surface area contributed by atoms with Crippen molar-refractivity contribution in [3.63, 3.8) is 0 Å². The number of anilines is 2. The average molecular weight is 1140 g/mol. The Morgan fingerprint density at radius 1 is 0.400 bits per heavy atom. The molecule has 2 heterocycles. The van der Waals surface area contributed by atoms with Crippen molar-refractivity contribution in [2.75, 3.05) is 9.80 Å². The van der Waals surface area contributed by atoms with E-state index in [1.165, 1.54) is 24.3 Å². The van der Waals surface area contributed by atoms with Crippen LogP contribution in [0.1, 0.15) is 41.4 Å². The van der Waals surface area contributed by atoms with E-state index in [2.05, 4.69) is 127 Å². The predicted molar refractivity (Wildman–Crippen MR) is 195 cm³/mol. The molecule has 0 fully saturated rings. The Morgan fingerprint density at radius 3 is 0.911 bits per heavy atom. The van der Waals surface area contributed by atoms with Gasteiger partial charge in [-0.1, -0.05) is 24.3 Å². The minimum absolute atomic E-state index is 0.0421. The number of fused-ring (bicyclic) bond motifs is 2. The van der Waals surface area contributed by atoms with Crippen molar-refractivity contribution in [2.45, 2.75) is 9.79 Å². The van der Waals surface area contributed by atoms with Crippen molar-refractivity contribution < 1.29 is 27.6 Å². The Balaban J connectivity index is 1.71. The smallest absolute Gasteiger partial charge is 0.266 e. The number of sulfone groups is 1. The molecular weight excluding hydrogens is 1130 g/mol. The second-order valence-electron chi connectivity index (χ2n) is 9.35. The van der Waals surface area contributed by atoms with Crippen LogP contribution < -0.4 is 9.80 Å². The zero-order valence-corrected chi connectivity index (χ0v) is 34.9. The molecule has 0 radical (unpaired) electrons. The molecule has 4 amide bonds. The van der Waals surface area contributed by atoms with Crippen LogP contribution in [-0.4, -0.2) is 32.0 Å². The third-order valence-electron chi connectivity index (χ3n) is 6.97. The van der Waals surface area contributed by atoms with E-state index in [1.807, 2.05) is 0 Å². The summed E-state index contributed by atoms with van der Waals surface area (Å²) in [5.41, 5.74) is -0.216. The van der Waals surface area contributed by atoms with Gasteiger partial charge in [-0.25, -0.2) is 18.2 Å². The van der Waals surface area contributed by atoms with Gasteiger partial charge in [0.25, 0.3) is 23.6 Å². The van der Waals surface area contributed by atoms with Crippen molar-refractivity contribution in [3.05, 3.63) is 107 Å². The van der Waals surface area contributed by atoms with Crippen molar-refractivity contribution in [1.29, 1.82) is 0 Å². The van der Waals surface area contributed by atoms with E-state index >= 15 is 8.42 Å². The molecule has 17 heteroatoms. The molecule has 4 aromatic rings. The Hall–Kier alpha value is -1.05. The Labute approximate surface area is 322 Å². The molecule has 0 aromatic heterocycles. The lowest BCUT2D eigenvalue weighted by molar-refractivity contribution is 0.0909. The molecule has 0 saturated heterocycles. The van der Waals surface area contributed by atoms with Gasteiger partial charge < -0.3 is 0 Å². The van der Waals surface area contributed by atoms with Crippen LogP contribution in [-0.2, 0) is 9.84 Å². The molecule has 0 bridgehead atoms. The summed E-state index contributed by atoms with van der Waals surface area (Å²) in [4.78, 5) is 55.4. The van der Waals surface area contributed by atoms with Gasteiger partial charge in [-0.3, -0.25) is 19.2 Å². The van der Waals surface area contributed by atoms with Crippen LogP contribution in [0.3, 0.4) is 0 Å². The number of carbonyl (C=O) groups excluding carboxylic acids is 4. The van der Waals surface area contributed by atoms with Gasteiger partial charge in [0.15, 0.2) is 0 Å². The summed E-state index contributed by atoms with van der Waals surface area (Å²) in [6, 6.07) is 12.3. The van der Waals surface area contributed by atoms with Crippen LogP contribution >= 0.6 is 127 Å². The van der Waals surface area contributed by atoms with Crippen LogP contribution in [0.15, 0.2) is 94.1 Å². The Bertz CT molecular complexity index is 2000. The first-order valence-electron chi connectivity index (χ1n) is 12.1. The fraction of sp³-hybridized carbons (Fsp3) is 0. The van der Waals surface area contributed by atoms with Crippen LogP contribution in [0.25, 0.3) is 0 Å². The number of carbonyl (C=O) groups is 4. The highest BCUT2D eigenvalue weighted by Crippen LogP contribution is 2.56. The molecule has 0 saturated carbocycles. The minimum atomic E-state index is -4.88. The number of amides is 4. The van der Waals surface area contributed by atoms with Crippen molar-refractivity contribution in [2.24, 2.45) is 0 Å². The van der Waals surface area contributed by atoms with E-state index < -0.39 is 43.3 Å². The topological polar surface area (TPSA) is 109 Å². The number of halogens is 8. The average Bonchev–Trinajstić information content (AvgIpc) is 3.42. The van der Waals surface area contributed by atoms with E-state index in [-0.39, 0.29) is 60.5 Å². The number of imide groups is 2. The maximum atomic E-state index is 15.2. The zero-order chi connectivity index (χ0) is 32.9. The molecule has 2 aliphatic rings. The standard InChI is InChI=1S/C28H8Br8N2O6S/c29-13-15(31)19(35)23(21(17(13)33)37-25(39)9-5-1-2-6-10(9)26(37)40)45(43,44)24-20(36)16(32)14(30)18(34)22(24)38-27(41)11-7-3-4-8-12(11)28(38)42/h1-8H. The van der Waals surface area contributed by atoms with Gasteiger partial charge in [0.2, 0.25) is 9.84 Å². The van der Waals surface area contributed by atoms with Gasteiger partial charge in [-0.15, -0.1) is 0 Å². The molecule has 0 unspecified atom stereocenters. The zero-order valence-electron chi connectivity index (χ0n) is 21.4. The third-order valence-corrected chi connectivity index (χ3v) is 18.9. The summed E-state index contributed by atoms with van der Waals surface area (Å²) >= 11 is 27.2. The number of rotatable bonds is 4. The molecule has 4 aromatic carbocycles. The normalized spacial score (nSPS) is 14.5. The number of benzene rings is 4. The van der Waals surface area contributed by atoms with E-state index in [9.17, 15) is 19.2 Å². The van der Waals surface area contributed by atoms with Gasteiger partial charge in [0.1, 0.15) is 9.79 Å². The molecule has 6 rings (SSSR count). The number of hydrogen-bond acceptors (Lipinski definition) is 6. The molecule has 0 atom stereocenters. The highest BCUT2D eigenvalue weighted by atomic mass is 79.9. The molecule has 0 N–H and O–H groups in total. The maximum absolute atomic E-state index is 15.2. The van der Waals surface area contributed by atoms with Crippen molar-refractivity contribution in [3.8, 4) is 0 Å². The second-order valence-corrected chi connectivity index (χ2v) is 17.5. The van der Waals surface area contributed by atoms with Gasteiger partial charge in [0, 0.05) is 17.9 Å². The summed E-state index contributed by atoms with van der Waals surface area (Å²) < 4.78 is 31.5. The van der Waals surface area contributed by atoms with Crippen LogP contribution in [0.4, 0.5) is 11.4 Å². The molecule has 45 heavy (non-hydrogen) atoms. The van der Waals surface area contributed by atoms with E-state index in [0.29, 0.717) is 8.95 Å². The maximum Gasteiger partial charge on any atom is 0.266 e. The van der Waals surface area contributed by atoms with Gasteiger partial charge in [-0.05, 0) is 152 Å². The summed E-state index contributed by atoms with van der Waals surface area (Å²) in [5.74, 6) is -2.98. The largest absolute Gasteiger partial charge is 0.268 e. The van der Waals surface area contributed by atoms with Crippen LogP contribution in [0, 0.1) is 0 Å². The SMILES string of the molecule is O=C1c2ccccc2C(=O)N1c1c(Br)c(Br)c(Br)c(Br)c1S(=O)(=O)c1c(Br)c(Br)c(Br)c(Br)c1N1C(=O)c2ccccc2C1=O. The number of hydrogen-bond donors (Lipinski definition) is 0. The van der Waals surface area contributed by atoms with Crippen LogP contribution in [0.2, 0.25) is 0 Å².